The normalized spacial score (nSPS) is 10.1. The predicted molar refractivity (Wildman–Crippen MR) is 184 cm³/mol. The van der Waals surface area contributed by atoms with Gasteiger partial charge in [-0.25, -0.2) is 12.1 Å². The first kappa shape index (κ1) is 32.2. The standard InChI is InChI=1S/2C13H13.C12H10Si.2ClH.Hf/c2*1-10-8-11(2)13(9-10)12-6-4-3-5-7-12;1-3-7-11(8-4-1)13-12-9-5-2-6-10-12;;;/h2*3-9H,1-2H3;1-10H;2*1H;/q2*-1;;;;+2/p-2. The van der Waals surface area contributed by atoms with Crippen molar-refractivity contribution in [2.75, 3.05) is 0 Å². The molecule has 4 heteroatoms. The summed E-state index contributed by atoms with van der Waals surface area (Å²) in [7, 11) is 12.7. The first-order valence-corrected chi connectivity index (χ1v) is 29.9. The second-order valence-corrected chi connectivity index (χ2v) is 36.6. The molecule has 6 aromatic carbocycles. The Labute approximate surface area is 266 Å². The van der Waals surface area contributed by atoms with Gasteiger partial charge >= 0.3 is 111 Å². The summed E-state index contributed by atoms with van der Waals surface area (Å²) in [6, 6.07) is 50.9. The van der Waals surface area contributed by atoms with Crippen LogP contribution in [0.25, 0.3) is 22.3 Å². The van der Waals surface area contributed by atoms with Crippen molar-refractivity contribution in [2.45, 2.75) is 27.7 Å². The fraction of sp³-hybridized carbons (Fsp3) is 0.105. The number of benzene rings is 4. The molecule has 0 heterocycles. The number of aryl methyl sites for hydroxylation is 4. The second-order valence-electron chi connectivity index (χ2n) is 10.4. The van der Waals surface area contributed by atoms with Gasteiger partial charge in [0.25, 0.3) is 0 Å². The minimum atomic E-state index is -2.41. The molecule has 0 aliphatic carbocycles. The molecule has 0 atom stereocenters. The number of halogens is 2. The van der Waals surface area contributed by atoms with Crippen LogP contribution in [-0.2, 0) is 17.7 Å². The summed E-state index contributed by atoms with van der Waals surface area (Å²) >= 11 is -2.41. The van der Waals surface area contributed by atoms with E-state index in [0.29, 0.717) is 0 Å². The van der Waals surface area contributed by atoms with Crippen LogP contribution in [0.2, 0.25) is 0 Å². The second kappa shape index (κ2) is 16.2. The Bertz CT molecular complexity index is 1570. The van der Waals surface area contributed by atoms with Gasteiger partial charge in [-0.3, -0.25) is 0 Å². The molecule has 42 heavy (non-hydrogen) atoms. The van der Waals surface area contributed by atoms with E-state index in [9.17, 15) is 0 Å². The molecule has 0 spiro atoms. The van der Waals surface area contributed by atoms with Crippen molar-refractivity contribution in [3.8, 4) is 22.3 Å². The average molecular weight is 770 g/mol. The zero-order chi connectivity index (χ0) is 29.9. The maximum atomic E-state index is 6.34. The van der Waals surface area contributed by atoms with E-state index in [1.165, 1.54) is 54.9 Å². The summed E-state index contributed by atoms with van der Waals surface area (Å²) in [4.78, 5) is 0. The van der Waals surface area contributed by atoms with E-state index in [1.54, 1.807) is 0 Å². The Balaban J connectivity index is 0.000000146. The molecule has 0 aliphatic heterocycles. The quantitative estimate of drug-likeness (QED) is 0.124. The van der Waals surface area contributed by atoms with Crippen molar-refractivity contribution in [1.29, 1.82) is 0 Å². The molecule has 6 rings (SSSR count). The molecule has 0 N–H and O–H groups in total. The summed E-state index contributed by atoms with van der Waals surface area (Å²) in [6.45, 7) is 8.60. The van der Waals surface area contributed by atoms with Crippen LogP contribution >= 0.6 is 17.2 Å². The van der Waals surface area contributed by atoms with Crippen LogP contribution < -0.4 is 10.4 Å². The SMILES string of the molecule is Cc1cc(-c2ccccc2)c(C)[cH-]1.Cc1cc(-c2ccccc2)c(C)[cH-]1.[Cl][Hf]([Cl])=[Si](c1ccccc1)c1ccccc1. The Morgan fingerprint density at radius 2 is 0.786 bits per heavy atom. The van der Waals surface area contributed by atoms with Gasteiger partial charge in [-0.05, 0) is 0 Å². The molecule has 0 aromatic heterocycles. The monoisotopic (exact) mass is 770 g/mol. The van der Waals surface area contributed by atoms with Crippen LogP contribution in [0.5, 0.6) is 0 Å². The Morgan fingerprint density at radius 3 is 1.05 bits per heavy atom. The van der Waals surface area contributed by atoms with Gasteiger partial charge in [0.05, 0.1) is 0 Å². The van der Waals surface area contributed by atoms with Gasteiger partial charge in [0.1, 0.15) is 0 Å². The molecule has 0 unspecified atom stereocenters. The van der Waals surface area contributed by atoms with Gasteiger partial charge in [0.2, 0.25) is 0 Å². The van der Waals surface area contributed by atoms with Gasteiger partial charge in [-0.2, -0.15) is 45.5 Å². The molecule has 0 nitrogen and oxygen atoms in total. The topological polar surface area (TPSA) is 0 Å². The van der Waals surface area contributed by atoms with Crippen LogP contribution in [0.3, 0.4) is 0 Å². The van der Waals surface area contributed by atoms with Crippen LogP contribution in [0.4, 0.5) is 0 Å². The number of hydrogen-bond acceptors (Lipinski definition) is 0. The van der Waals surface area contributed by atoms with Crippen molar-refractivity contribution < 1.29 is 17.7 Å². The third-order valence-electron chi connectivity index (χ3n) is 6.97. The van der Waals surface area contributed by atoms with Crippen LogP contribution in [0.1, 0.15) is 22.3 Å². The Kier molecular flexibility index (Phi) is 12.4. The Hall–Kier alpha value is -2.75. The third-order valence-corrected chi connectivity index (χ3v) is 28.7. The first-order valence-electron chi connectivity index (χ1n) is 14.1. The maximum absolute atomic E-state index is 6.34. The van der Waals surface area contributed by atoms with E-state index in [0.717, 1.165) is 0 Å². The number of hydrogen-bond donors (Lipinski definition) is 0. The summed E-state index contributed by atoms with van der Waals surface area (Å²) in [6.07, 6.45) is 0. The van der Waals surface area contributed by atoms with Crippen LogP contribution in [0.15, 0.2) is 146 Å². The van der Waals surface area contributed by atoms with Crippen molar-refractivity contribution in [3.05, 3.63) is 168 Å². The zero-order valence-corrected chi connectivity index (χ0v) is 30.7. The van der Waals surface area contributed by atoms with Crippen LogP contribution in [-0.4, -0.2) is 5.49 Å². The van der Waals surface area contributed by atoms with E-state index in [2.05, 4.69) is 161 Å². The molecular weight excluding hydrogens is 734 g/mol. The fourth-order valence-electron chi connectivity index (χ4n) is 5.06. The van der Waals surface area contributed by atoms with E-state index < -0.39 is 23.2 Å². The van der Waals surface area contributed by atoms with Crippen molar-refractivity contribution in [2.24, 2.45) is 0 Å². The summed E-state index contributed by atoms with van der Waals surface area (Å²) < 4.78 is 0. The first-order chi connectivity index (χ1) is 20.3. The molecule has 0 amide bonds. The average Bonchev–Trinajstić information content (AvgIpc) is 3.54. The molecule has 0 saturated heterocycles. The predicted octanol–water partition coefficient (Wildman–Crippen LogP) is 10.1. The Morgan fingerprint density at radius 1 is 0.476 bits per heavy atom. The fourth-order valence-corrected chi connectivity index (χ4v) is 25.9. The van der Waals surface area contributed by atoms with E-state index >= 15 is 0 Å². The van der Waals surface area contributed by atoms with E-state index in [-0.39, 0.29) is 0 Å². The number of rotatable bonds is 4. The summed E-state index contributed by atoms with van der Waals surface area (Å²) in [5.74, 6) is 0. The molecule has 6 aromatic rings. The van der Waals surface area contributed by atoms with E-state index in [4.69, 9.17) is 17.2 Å². The summed E-state index contributed by atoms with van der Waals surface area (Å²) in [5.41, 5.74) is 9.89. The van der Waals surface area contributed by atoms with Crippen molar-refractivity contribution in [3.63, 3.8) is 0 Å². The van der Waals surface area contributed by atoms with Gasteiger partial charge in [0.15, 0.2) is 0 Å². The molecular formula is C38H36Cl2HfSi-2. The van der Waals surface area contributed by atoms with Gasteiger partial charge < -0.3 is 0 Å². The molecule has 0 fully saturated rings. The van der Waals surface area contributed by atoms with Gasteiger partial charge in [0, 0.05) is 0 Å². The van der Waals surface area contributed by atoms with Crippen LogP contribution in [0, 0.1) is 27.7 Å². The summed E-state index contributed by atoms with van der Waals surface area (Å²) in [5, 5.41) is 2.68. The van der Waals surface area contributed by atoms with Crippen molar-refractivity contribution in [1.82, 2.24) is 0 Å². The minimum absolute atomic E-state index is 0.873. The molecule has 0 saturated carbocycles. The molecule has 0 aliphatic rings. The van der Waals surface area contributed by atoms with E-state index in [1.807, 2.05) is 12.1 Å². The van der Waals surface area contributed by atoms with Crippen molar-refractivity contribution >= 4 is 33.0 Å². The zero-order valence-electron chi connectivity index (χ0n) is 24.6. The molecule has 0 bridgehead atoms. The molecule has 212 valence electrons. The third kappa shape index (κ3) is 9.12. The van der Waals surface area contributed by atoms with Gasteiger partial charge in [-0.1, -0.05) is 99.5 Å². The van der Waals surface area contributed by atoms with Gasteiger partial charge in [-0.15, -0.1) is 0 Å². The molecule has 0 radical (unpaired) electrons.